The zero-order valence-corrected chi connectivity index (χ0v) is 11.7. The molecule has 3 rings (SSSR count). The third-order valence-corrected chi connectivity index (χ3v) is 3.20. The highest BCUT2D eigenvalue weighted by molar-refractivity contribution is 5.61. The Bertz CT molecular complexity index is 690. The minimum atomic E-state index is 0.718. The van der Waals surface area contributed by atoms with E-state index in [1.165, 1.54) is 5.56 Å². The number of rotatable bonds is 5. The lowest BCUT2D eigenvalue weighted by molar-refractivity contribution is 0.414. The van der Waals surface area contributed by atoms with Crippen LogP contribution in [-0.2, 0) is 6.54 Å². The van der Waals surface area contributed by atoms with E-state index in [1.54, 1.807) is 7.11 Å². The summed E-state index contributed by atoms with van der Waals surface area (Å²) in [6, 6.07) is 19.7. The average molecular weight is 280 g/mol. The van der Waals surface area contributed by atoms with Crippen LogP contribution in [0.1, 0.15) is 5.56 Å². The normalized spacial score (nSPS) is 10.3. The Morgan fingerprint density at radius 2 is 1.81 bits per heavy atom. The molecule has 0 amide bonds. The first kappa shape index (κ1) is 13.2. The molecule has 4 nitrogen and oxygen atoms in total. The Hall–Kier alpha value is -2.75. The van der Waals surface area contributed by atoms with Gasteiger partial charge in [-0.05, 0) is 29.8 Å². The summed E-state index contributed by atoms with van der Waals surface area (Å²) in [6.45, 7) is 0.718. The fourth-order valence-corrected chi connectivity index (χ4v) is 2.04. The van der Waals surface area contributed by atoms with Gasteiger partial charge < -0.3 is 14.6 Å². The number of hydrogen-bond donors (Lipinski definition) is 1. The molecule has 0 aliphatic carbocycles. The number of benzene rings is 2. The first-order valence-electron chi connectivity index (χ1n) is 6.74. The summed E-state index contributed by atoms with van der Waals surface area (Å²) in [6.07, 6.45) is 0. The van der Waals surface area contributed by atoms with Gasteiger partial charge in [0.1, 0.15) is 5.75 Å². The van der Waals surface area contributed by atoms with E-state index in [0.717, 1.165) is 29.4 Å². The van der Waals surface area contributed by atoms with Crippen LogP contribution >= 0.6 is 0 Å². The molecule has 0 spiro atoms. The lowest BCUT2D eigenvalue weighted by atomic mass is 10.1. The van der Waals surface area contributed by atoms with Crippen molar-refractivity contribution in [2.24, 2.45) is 0 Å². The van der Waals surface area contributed by atoms with Crippen LogP contribution in [0.4, 0.5) is 5.82 Å². The number of nitrogens with one attached hydrogen (secondary N) is 1. The van der Waals surface area contributed by atoms with Crippen LogP contribution in [0.3, 0.4) is 0 Å². The summed E-state index contributed by atoms with van der Waals surface area (Å²) >= 11 is 0. The molecule has 4 heteroatoms. The van der Waals surface area contributed by atoms with Gasteiger partial charge in [0.05, 0.1) is 7.11 Å². The van der Waals surface area contributed by atoms with Gasteiger partial charge in [0.2, 0.25) is 0 Å². The largest absolute Gasteiger partial charge is 0.497 e. The molecule has 1 N–H and O–H groups in total. The van der Waals surface area contributed by atoms with Crippen molar-refractivity contribution in [1.29, 1.82) is 0 Å². The Kier molecular flexibility index (Phi) is 3.87. The fourth-order valence-electron chi connectivity index (χ4n) is 2.04. The van der Waals surface area contributed by atoms with Gasteiger partial charge in [-0.1, -0.05) is 35.5 Å². The van der Waals surface area contributed by atoms with Crippen LogP contribution in [0.15, 0.2) is 65.2 Å². The Morgan fingerprint density at radius 3 is 2.52 bits per heavy atom. The van der Waals surface area contributed by atoms with E-state index in [2.05, 4.69) is 22.6 Å². The molecule has 0 saturated heterocycles. The van der Waals surface area contributed by atoms with Gasteiger partial charge in [-0.2, -0.15) is 0 Å². The molecular weight excluding hydrogens is 264 g/mol. The van der Waals surface area contributed by atoms with Crippen LogP contribution in [-0.4, -0.2) is 12.3 Å². The third-order valence-electron chi connectivity index (χ3n) is 3.20. The van der Waals surface area contributed by atoms with Crippen LogP contribution in [0, 0.1) is 0 Å². The van der Waals surface area contributed by atoms with Crippen LogP contribution in [0.2, 0.25) is 0 Å². The Balaban J connectivity index is 1.68. The number of ether oxygens (including phenoxy) is 1. The molecule has 106 valence electrons. The van der Waals surface area contributed by atoms with E-state index in [-0.39, 0.29) is 0 Å². The Morgan fingerprint density at radius 1 is 1.05 bits per heavy atom. The molecule has 0 bridgehead atoms. The minimum absolute atomic E-state index is 0.718. The van der Waals surface area contributed by atoms with E-state index < -0.39 is 0 Å². The topological polar surface area (TPSA) is 47.3 Å². The quantitative estimate of drug-likeness (QED) is 0.768. The average Bonchev–Trinajstić information content (AvgIpc) is 3.03. The number of methoxy groups -OCH3 is 1. The maximum absolute atomic E-state index is 5.36. The maximum Gasteiger partial charge on any atom is 0.170 e. The first-order chi connectivity index (χ1) is 10.3. The van der Waals surface area contributed by atoms with Crippen molar-refractivity contribution >= 4 is 5.82 Å². The number of hydrogen-bond acceptors (Lipinski definition) is 4. The molecule has 0 aliphatic heterocycles. The predicted octanol–water partition coefficient (Wildman–Crippen LogP) is 3.96. The molecule has 3 aromatic rings. The molecule has 0 fully saturated rings. The summed E-state index contributed by atoms with van der Waals surface area (Å²) in [5.74, 6) is 2.28. The van der Waals surface area contributed by atoms with Gasteiger partial charge in [-0.15, -0.1) is 0 Å². The zero-order chi connectivity index (χ0) is 14.5. The van der Waals surface area contributed by atoms with E-state index in [9.17, 15) is 0 Å². The predicted molar refractivity (Wildman–Crippen MR) is 82.3 cm³/mol. The van der Waals surface area contributed by atoms with Crippen molar-refractivity contribution in [2.75, 3.05) is 12.4 Å². The summed E-state index contributed by atoms with van der Waals surface area (Å²) in [5, 5.41) is 7.28. The standard InChI is InChI=1S/C17H16N2O2/c1-20-15-9-7-14(8-10-15)16-11-17(19-21-16)18-12-13-5-3-2-4-6-13/h2-11H,12H2,1H3,(H,18,19). The van der Waals surface area contributed by atoms with Crippen molar-refractivity contribution < 1.29 is 9.26 Å². The second-order valence-electron chi connectivity index (χ2n) is 4.64. The smallest absolute Gasteiger partial charge is 0.170 e. The van der Waals surface area contributed by atoms with Gasteiger partial charge in [-0.25, -0.2) is 0 Å². The molecular formula is C17H16N2O2. The molecule has 1 aromatic heterocycles. The second-order valence-corrected chi connectivity index (χ2v) is 4.64. The molecule has 0 atom stereocenters. The number of anilines is 1. The first-order valence-corrected chi connectivity index (χ1v) is 6.74. The maximum atomic E-state index is 5.36. The van der Waals surface area contributed by atoms with Crippen LogP contribution < -0.4 is 10.1 Å². The molecule has 2 aromatic carbocycles. The lowest BCUT2D eigenvalue weighted by Crippen LogP contribution is -1.98. The second kappa shape index (κ2) is 6.13. The highest BCUT2D eigenvalue weighted by atomic mass is 16.5. The SMILES string of the molecule is COc1ccc(-c2cc(NCc3ccccc3)no2)cc1. The summed E-state index contributed by atoms with van der Waals surface area (Å²) in [5.41, 5.74) is 2.17. The molecule has 0 aliphatic rings. The highest BCUT2D eigenvalue weighted by Crippen LogP contribution is 2.24. The van der Waals surface area contributed by atoms with Crippen molar-refractivity contribution in [3.63, 3.8) is 0 Å². The van der Waals surface area contributed by atoms with Crippen molar-refractivity contribution in [3.05, 3.63) is 66.2 Å². The van der Waals surface area contributed by atoms with E-state index in [4.69, 9.17) is 9.26 Å². The van der Waals surface area contributed by atoms with E-state index in [1.807, 2.05) is 48.5 Å². The highest BCUT2D eigenvalue weighted by Gasteiger charge is 2.06. The lowest BCUT2D eigenvalue weighted by Gasteiger charge is -2.01. The molecule has 21 heavy (non-hydrogen) atoms. The Labute approximate surface area is 123 Å². The van der Waals surface area contributed by atoms with Crippen LogP contribution in [0.25, 0.3) is 11.3 Å². The van der Waals surface area contributed by atoms with Gasteiger partial charge >= 0.3 is 0 Å². The summed E-state index contributed by atoms with van der Waals surface area (Å²) in [4.78, 5) is 0. The fraction of sp³-hybridized carbons (Fsp3) is 0.118. The number of nitrogens with zero attached hydrogens (tertiary/aromatic N) is 1. The van der Waals surface area contributed by atoms with Gasteiger partial charge in [0, 0.05) is 18.2 Å². The van der Waals surface area contributed by atoms with Crippen molar-refractivity contribution in [1.82, 2.24) is 5.16 Å². The summed E-state index contributed by atoms with van der Waals surface area (Å²) < 4.78 is 10.5. The molecule has 0 radical (unpaired) electrons. The van der Waals surface area contributed by atoms with Gasteiger partial charge in [-0.3, -0.25) is 0 Å². The van der Waals surface area contributed by atoms with Gasteiger partial charge in [0.25, 0.3) is 0 Å². The number of aromatic nitrogens is 1. The van der Waals surface area contributed by atoms with E-state index >= 15 is 0 Å². The van der Waals surface area contributed by atoms with Crippen molar-refractivity contribution in [3.8, 4) is 17.1 Å². The molecule has 0 saturated carbocycles. The van der Waals surface area contributed by atoms with Crippen molar-refractivity contribution in [2.45, 2.75) is 6.54 Å². The van der Waals surface area contributed by atoms with E-state index in [0.29, 0.717) is 0 Å². The zero-order valence-electron chi connectivity index (χ0n) is 11.7. The molecule has 0 unspecified atom stereocenters. The monoisotopic (exact) mass is 280 g/mol. The van der Waals surface area contributed by atoms with Crippen LogP contribution in [0.5, 0.6) is 5.75 Å². The minimum Gasteiger partial charge on any atom is -0.497 e. The summed E-state index contributed by atoms with van der Waals surface area (Å²) in [7, 11) is 1.65. The van der Waals surface area contributed by atoms with Gasteiger partial charge in [0.15, 0.2) is 11.6 Å². The third kappa shape index (κ3) is 3.23. The molecule has 1 heterocycles.